The monoisotopic (exact) mass is 540 g/mol. The van der Waals surface area contributed by atoms with Crippen molar-refractivity contribution in [3.05, 3.63) is 84.8 Å². The van der Waals surface area contributed by atoms with Crippen LogP contribution in [0.5, 0.6) is 11.5 Å². The zero-order valence-electron chi connectivity index (χ0n) is 16.4. The summed E-state index contributed by atoms with van der Waals surface area (Å²) in [5, 5.41) is 6.05. The Balaban J connectivity index is 1.74. The summed E-state index contributed by atoms with van der Waals surface area (Å²) in [6.07, 6.45) is 0. The van der Waals surface area contributed by atoms with Crippen molar-refractivity contribution in [1.82, 2.24) is 5.32 Å². The normalized spacial score (nSPS) is 10.5. The van der Waals surface area contributed by atoms with E-state index in [1.54, 1.807) is 49.4 Å². The number of anilines is 1. The van der Waals surface area contributed by atoms with Crippen LogP contribution in [0.1, 0.15) is 21.5 Å². The Morgan fingerprint density at radius 3 is 2.29 bits per heavy atom. The number of carbonyl (C=O) groups is 2. The average Bonchev–Trinajstić information content (AvgIpc) is 2.70. The molecule has 0 aliphatic carbocycles. The lowest BCUT2D eigenvalue weighted by Gasteiger charge is -2.15. The van der Waals surface area contributed by atoms with Crippen LogP contribution in [0, 0.1) is 13.8 Å². The molecule has 3 aromatic carbocycles. The zero-order chi connectivity index (χ0) is 22.7. The third kappa shape index (κ3) is 5.71. The molecule has 0 saturated heterocycles. The van der Waals surface area contributed by atoms with Crippen molar-refractivity contribution in [2.24, 2.45) is 0 Å². The van der Waals surface area contributed by atoms with Gasteiger partial charge in [0.25, 0.3) is 5.91 Å². The van der Waals surface area contributed by atoms with E-state index in [1.165, 1.54) is 6.07 Å². The number of urea groups is 1. The molecule has 2 N–H and O–H groups in total. The molecule has 3 amide bonds. The van der Waals surface area contributed by atoms with Crippen molar-refractivity contribution in [2.45, 2.75) is 13.8 Å². The van der Waals surface area contributed by atoms with Gasteiger partial charge in [0.15, 0.2) is 0 Å². The Bertz CT molecular complexity index is 1180. The van der Waals surface area contributed by atoms with Gasteiger partial charge in [0.2, 0.25) is 0 Å². The first-order valence-corrected chi connectivity index (χ1v) is 10.9. The summed E-state index contributed by atoms with van der Waals surface area (Å²) in [6.45, 7) is 3.62. The van der Waals surface area contributed by atoms with E-state index in [0.29, 0.717) is 31.7 Å². The second-order valence-electron chi connectivity index (χ2n) is 6.62. The van der Waals surface area contributed by atoms with Gasteiger partial charge in [-0.2, -0.15) is 0 Å². The van der Waals surface area contributed by atoms with E-state index in [0.717, 1.165) is 11.1 Å². The van der Waals surface area contributed by atoms with Gasteiger partial charge < -0.3 is 10.1 Å². The number of nitrogens with one attached hydrogen (secondary N) is 2. The maximum Gasteiger partial charge on any atom is 0.326 e. The average molecular weight is 543 g/mol. The van der Waals surface area contributed by atoms with E-state index in [-0.39, 0.29) is 10.6 Å². The van der Waals surface area contributed by atoms with Crippen LogP contribution in [-0.2, 0) is 0 Å². The number of aryl methyl sites for hydroxylation is 2. The molecule has 0 radical (unpaired) electrons. The lowest BCUT2D eigenvalue weighted by Crippen LogP contribution is -2.34. The predicted molar refractivity (Wildman–Crippen MR) is 128 cm³/mol. The molecule has 160 valence electrons. The fourth-order valence-corrected chi connectivity index (χ4v) is 3.76. The first-order valence-electron chi connectivity index (χ1n) is 8.96. The molecule has 0 aromatic heterocycles. The molecule has 0 bridgehead atoms. The Morgan fingerprint density at radius 1 is 0.871 bits per heavy atom. The van der Waals surface area contributed by atoms with Crippen LogP contribution in [0.25, 0.3) is 0 Å². The van der Waals surface area contributed by atoms with Crippen molar-refractivity contribution in [2.75, 3.05) is 5.32 Å². The molecule has 3 aromatic rings. The fraction of sp³-hybridized carbons (Fsp3) is 0.0909. The topological polar surface area (TPSA) is 67.4 Å². The molecule has 3 rings (SSSR count). The molecule has 0 aliphatic heterocycles. The molecule has 0 heterocycles. The molecule has 9 heteroatoms. The quantitative estimate of drug-likeness (QED) is 0.331. The molecular formula is C22H16BrCl3N2O3. The number of amides is 3. The second-order valence-corrected chi connectivity index (χ2v) is 8.70. The van der Waals surface area contributed by atoms with E-state index in [9.17, 15) is 9.59 Å². The Hall–Kier alpha value is -2.25. The molecule has 0 spiro atoms. The predicted octanol–water partition coefficient (Wildman–Crippen LogP) is 7.78. The van der Waals surface area contributed by atoms with E-state index in [1.807, 2.05) is 6.92 Å². The van der Waals surface area contributed by atoms with Gasteiger partial charge in [0.05, 0.1) is 20.6 Å². The van der Waals surface area contributed by atoms with Crippen molar-refractivity contribution in [3.8, 4) is 11.5 Å². The fourth-order valence-electron chi connectivity index (χ4n) is 2.70. The number of imide groups is 1. The minimum absolute atomic E-state index is 0.209. The first kappa shape index (κ1) is 23.4. The van der Waals surface area contributed by atoms with Crippen LogP contribution in [-0.4, -0.2) is 11.9 Å². The van der Waals surface area contributed by atoms with Gasteiger partial charge in [-0.3, -0.25) is 10.1 Å². The van der Waals surface area contributed by atoms with Gasteiger partial charge in [-0.25, -0.2) is 4.79 Å². The highest BCUT2D eigenvalue weighted by atomic mass is 79.9. The molecule has 0 aliphatic rings. The molecule has 0 atom stereocenters. The second kappa shape index (κ2) is 9.92. The SMILES string of the molecule is Cc1cc(Oc2cc(Cl)c(Br)cc2Cl)c(C)cc1NC(=O)NC(=O)c1ccccc1Cl. The van der Waals surface area contributed by atoms with Gasteiger partial charge in [-0.15, -0.1) is 0 Å². The minimum Gasteiger partial charge on any atom is -0.455 e. The number of halogens is 4. The highest BCUT2D eigenvalue weighted by Crippen LogP contribution is 2.38. The summed E-state index contributed by atoms with van der Waals surface area (Å²) in [5.74, 6) is 0.358. The number of ether oxygens (including phenoxy) is 1. The molecule has 31 heavy (non-hydrogen) atoms. The van der Waals surface area contributed by atoms with E-state index < -0.39 is 11.9 Å². The smallest absolute Gasteiger partial charge is 0.326 e. The van der Waals surface area contributed by atoms with Gasteiger partial charge in [0, 0.05) is 16.2 Å². The van der Waals surface area contributed by atoms with Crippen molar-refractivity contribution in [3.63, 3.8) is 0 Å². The van der Waals surface area contributed by atoms with Crippen molar-refractivity contribution < 1.29 is 14.3 Å². The maximum atomic E-state index is 12.3. The van der Waals surface area contributed by atoms with E-state index in [4.69, 9.17) is 39.5 Å². The third-order valence-corrected chi connectivity index (χ3v) is 6.13. The van der Waals surface area contributed by atoms with Gasteiger partial charge in [-0.1, -0.05) is 46.9 Å². The molecular weight excluding hydrogens is 527 g/mol. The molecule has 5 nitrogen and oxygen atoms in total. The van der Waals surface area contributed by atoms with Crippen molar-refractivity contribution in [1.29, 1.82) is 0 Å². The summed E-state index contributed by atoms with van der Waals surface area (Å²) < 4.78 is 6.58. The van der Waals surface area contributed by atoms with Gasteiger partial charge in [0.1, 0.15) is 11.5 Å². The largest absolute Gasteiger partial charge is 0.455 e. The lowest BCUT2D eigenvalue weighted by atomic mass is 10.1. The molecule has 0 fully saturated rings. The molecule has 0 saturated carbocycles. The van der Waals surface area contributed by atoms with Gasteiger partial charge in [-0.05, 0) is 71.2 Å². The minimum atomic E-state index is -0.677. The van der Waals surface area contributed by atoms with Gasteiger partial charge >= 0.3 is 6.03 Å². The van der Waals surface area contributed by atoms with Crippen LogP contribution < -0.4 is 15.4 Å². The number of hydrogen-bond donors (Lipinski definition) is 2. The summed E-state index contributed by atoms with van der Waals surface area (Å²) in [4.78, 5) is 24.6. The lowest BCUT2D eigenvalue weighted by molar-refractivity contribution is 0.0967. The van der Waals surface area contributed by atoms with Crippen LogP contribution in [0.15, 0.2) is 53.0 Å². The van der Waals surface area contributed by atoms with Crippen LogP contribution in [0.4, 0.5) is 10.5 Å². The summed E-state index contributed by atoms with van der Waals surface area (Å²) >= 11 is 21.7. The van der Waals surface area contributed by atoms with Crippen LogP contribution in [0.2, 0.25) is 15.1 Å². The number of benzene rings is 3. The highest BCUT2D eigenvalue weighted by molar-refractivity contribution is 9.10. The standard InChI is InChI=1S/C22H16BrCl3N2O3/c1-11-8-19(31-20-10-16(25)14(23)9-17(20)26)12(2)7-18(11)27-22(30)28-21(29)13-5-3-4-6-15(13)24/h3-10H,1-2H3,(H2,27,28,29,30). The van der Waals surface area contributed by atoms with Crippen LogP contribution in [0.3, 0.4) is 0 Å². The summed E-state index contributed by atoms with van der Waals surface area (Å²) in [7, 11) is 0. The van der Waals surface area contributed by atoms with E-state index in [2.05, 4.69) is 26.6 Å². The van der Waals surface area contributed by atoms with Crippen LogP contribution >= 0.6 is 50.7 Å². The first-order chi connectivity index (χ1) is 14.7. The Labute approximate surface area is 202 Å². The van der Waals surface area contributed by atoms with Crippen molar-refractivity contribution >= 4 is 68.4 Å². The van der Waals surface area contributed by atoms with E-state index >= 15 is 0 Å². The number of hydrogen-bond acceptors (Lipinski definition) is 3. The number of rotatable bonds is 4. The Kier molecular flexibility index (Phi) is 7.49. The highest BCUT2D eigenvalue weighted by Gasteiger charge is 2.16. The number of carbonyl (C=O) groups excluding carboxylic acids is 2. The summed E-state index contributed by atoms with van der Waals surface area (Å²) in [6, 6.07) is 12.5. The third-order valence-electron chi connectivity index (χ3n) is 4.31. The molecule has 0 unspecified atom stereocenters. The Morgan fingerprint density at radius 2 is 1.58 bits per heavy atom. The summed E-state index contributed by atoms with van der Waals surface area (Å²) in [5.41, 5.74) is 2.20. The maximum absolute atomic E-state index is 12.3. The zero-order valence-corrected chi connectivity index (χ0v) is 20.2.